The first-order chi connectivity index (χ1) is 6.65. The van der Waals surface area contributed by atoms with Gasteiger partial charge >= 0.3 is 0 Å². The maximum Gasteiger partial charge on any atom is 0.00670 e. The monoisotopic (exact) mass is 197 g/mol. The molecule has 4 unspecified atom stereocenters. The predicted octanol–water partition coefficient (Wildman–Crippen LogP) is 3.45. The van der Waals surface area contributed by atoms with Gasteiger partial charge in [-0.25, -0.2) is 0 Å². The lowest BCUT2D eigenvalue weighted by Gasteiger charge is -2.35. The highest BCUT2D eigenvalue weighted by molar-refractivity contribution is 4.81. The first-order valence-electron chi connectivity index (χ1n) is 6.38. The van der Waals surface area contributed by atoms with Crippen LogP contribution in [-0.4, -0.2) is 12.6 Å². The number of hydrogen-bond acceptors (Lipinski definition) is 1. The average molecular weight is 197 g/mol. The van der Waals surface area contributed by atoms with Crippen LogP contribution >= 0.6 is 0 Å². The summed E-state index contributed by atoms with van der Waals surface area (Å²) in [5, 5.41) is 3.64. The molecule has 1 heteroatoms. The molecular formula is C13H27N. The molecule has 0 aromatic rings. The Morgan fingerprint density at radius 2 is 1.93 bits per heavy atom. The Morgan fingerprint density at radius 3 is 2.50 bits per heavy atom. The van der Waals surface area contributed by atoms with Gasteiger partial charge in [0, 0.05) is 6.04 Å². The van der Waals surface area contributed by atoms with E-state index in [9.17, 15) is 0 Å². The lowest BCUT2D eigenvalue weighted by atomic mass is 9.73. The number of hydrogen-bond donors (Lipinski definition) is 1. The van der Waals surface area contributed by atoms with E-state index in [2.05, 4.69) is 33.0 Å². The van der Waals surface area contributed by atoms with Gasteiger partial charge in [-0.1, -0.05) is 27.2 Å². The van der Waals surface area contributed by atoms with Crippen LogP contribution in [0.15, 0.2) is 0 Å². The van der Waals surface area contributed by atoms with Crippen molar-refractivity contribution in [2.24, 2.45) is 17.8 Å². The molecule has 1 fully saturated rings. The van der Waals surface area contributed by atoms with Gasteiger partial charge in [0.1, 0.15) is 0 Å². The predicted molar refractivity (Wildman–Crippen MR) is 63.4 cm³/mol. The Hall–Kier alpha value is -0.0400. The zero-order chi connectivity index (χ0) is 10.6. The molecule has 14 heavy (non-hydrogen) atoms. The van der Waals surface area contributed by atoms with Crippen LogP contribution in [-0.2, 0) is 0 Å². The van der Waals surface area contributed by atoms with E-state index in [0.717, 1.165) is 23.8 Å². The molecule has 1 N–H and O–H groups in total. The third kappa shape index (κ3) is 3.27. The van der Waals surface area contributed by atoms with Crippen LogP contribution in [0.4, 0.5) is 0 Å². The van der Waals surface area contributed by atoms with Crippen molar-refractivity contribution in [2.45, 2.75) is 59.4 Å². The Morgan fingerprint density at radius 1 is 1.21 bits per heavy atom. The molecule has 84 valence electrons. The fraction of sp³-hybridized carbons (Fsp3) is 1.00. The highest BCUT2D eigenvalue weighted by Gasteiger charge is 2.27. The van der Waals surface area contributed by atoms with Gasteiger partial charge in [-0.15, -0.1) is 0 Å². The molecule has 1 rings (SSSR count). The van der Waals surface area contributed by atoms with Gasteiger partial charge in [-0.2, -0.15) is 0 Å². The van der Waals surface area contributed by atoms with E-state index < -0.39 is 0 Å². The largest absolute Gasteiger partial charge is 0.314 e. The van der Waals surface area contributed by atoms with E-state index in [4.69, 9.17) is 0 Å². The molecule has 0 spiro atoms. The van der Waals surface area contributed by atoms with Gasteiger partial charge in [0.15, 0.2) is 0 Å². The van der Waals surface area contributed by atoms with Gasteiger partial charge in [-0.3, -0.25) is 0 Å². The SMILES string of the molecule is CCCNC(C)C1CCC(C)C(C)C1. The summed E-state index contributed by atoms with van der Waals surface area (Å²) < 4.78 is 0. The molecule has 0 radical (unpaired) electrons. The first kappa shape index (κ1) is 12.0. The van der Waals surface area contributed by atoms with E-state index in [1.54, 1.807) is 0 Å². The molecule has 0 aromatic heterocycles. The molecule has 1 saturated carbocycles. The molecule has 0 bridgehead atoms. The zero-order valence-corrected chi connectivity index (χ0v) is 10.3. The van der Waals surface area contributed by atoms with Crippen molar-refractivity contribution in [1.82, 2.24) is 5.32 Å². The average Bonchev–Trinajstić information content (AvgIpc) is 2.18. The molecule has 0 heterocycles. The second kappa shape index (κ2) is 5.75. The van der Waals surface area contributed by atoms with Crippen molar-refractivity contribution in [3.63, 3.8) is 0 Å². The molecule has 0 aliphatic heterocycles. The third-order valence-corrected chi connectivity index (χ3v) is 4.06. The highest BCUT2D eigenvalue weighted by Crippen LogP contribution is 2.34. The van der Waals surface area contributed by atoms with E-state index in [1.807, 2.05) is 0 Å². The van der Waals surface area contributed by atoms with Crippen molar-refractivity contribution in [3.8, 4) is 0 Å². The molecular weight excluding hydrogens is 170 g/mol. The second-order valence-corrected chi connectivity index (χ2v) is 5.27. The number of nitrogens with one attached hydrogen (secondary N) is 1. The minimum atomic E-state index is 0.727. The summed E-state index contributed by atoms with van der Waals surface area (Å²) in [6.07, 6.45) is 5.55. The summed E-state index contributed by atoms with van der Waals surface area (Å²) in [5.41, 5.74) is 0. The quantitative estimate of drug-likeness (QED) is 0.728. The summed E-state index contributed by atoms with van der Waals surface area (Å²) in [5.74, 6) is 2.80. The smallest absolute Gasteiger partial charge is 0.00670 e. The molecule has 1 nitrogen and oxygen atoms in total. The topological polar surface area (TPSA) is 12.0 Å². The van der Waals surface area contributed by atoms with Crippen LogP contribution in [0.25, 0.3) is 0 Å². The normalized spacial score (nSPS) is 35.6. The van der Waals surface area contributed by atoms with Gasteiger partial charge < -0.3 is 5.32 Å². The zero-order valence-electron chi connectivity index (χ0n) is 10.3. The Balaban J connectivity index is 2.30. The summed E-state index contributed by atoms with van der Waals surface area (Å²) in [6, 6.07) is 0.727. The van der Waals surface area contributed by atoms with Crippen molar-refractivity contribution in [2.75, 3.05) is 6.54 Å². The summed E-state index contributed by atoms with van der Waals surface area (Å²) in [4.78, 5) is 0. The van der Waals surface area contributed by atoms with Crippen molar-refractivity contribution in [1.29, 1.82) is 0 Å². The van der Waals surface area contributed by atoms with Crippen molar-refractivity contribution in [3.05, 3.63) is 0 Å². The summed E-state index contributed by atoms with van der Waals surface area (Å²) in [6.45, 7) is 10.6. The van der Waals surface area contributed by atoms with Gasteiger partial charge in [0.2, 0.25) is 0 Å². The molecule has 0 aromatic carbocycles. The van der Waals surface area contributed by atoms with E-state index >= 15 is 0 Å². The summed E-state index contributed by atoms with van der Waals surface area (Å²) in [7, 11) is 0. The summed E-state index contributed by atoms with van der Waals surface area (Å²) >= 11 is 0. The molecule has 1 aliphatic rings. The Labute approximate surface area is 89.7 Å². The fourth-order valence-corrected chi connectivity index (χ4v) is 2.58. The maximum absolute atomic E-state index is 3.64. The van der Waals surface area contributed by atoms with E-state index in [-0.39, 0.29) is 0 Å². The molecule has 0 saturated heterocycles. The number of rotatable bonds is 4. The van der Waals surface area contributed by atoms with Crippen LogP contribution in [0.5, 0.6) is 0 Å². The Bertz CT molecular complexity index is 155. The second-order valence-electron chi connectivity index (χ2n) is 5.27. The van der Waals surface area contributed by atoms with Crippen molar-refractivity contribution < 1.29 is 0 Å². The highest BCUT2D eigenvalue weighted by atomic mass is 14.9. The Kier molecular flexibility index (Phi) is 4.94. The minimum absolute atomic E-state index is 0.727. The lowest BCUT2D eigenvalue weighted by Crippen LogP contribution is -2.37. The van der Waals surface area contributed by atoms with Crippen LogP contribution in [0.3, 0.4) is 0 Å². The van der Waals surface area contributed by atoms with Gasteiger partial charge in [-0.05, 0) is 50.5 Å². The van der Waals surface area contributed by atoms with Gasteiger partial charge in [0.05, 0.1) is 0 Å². The van der Waals surface area contributed by atoms with Crippen LogP contribution < -0.4 is 5.32 Å². The maximum atomic E-state index is 3.64. The van der Waals surface area contributed by atoms with Crippen LogP contribution in [0.2, 0.25) is 0 Å². The van der Waals surface area contributed by atoms with Crippen LogP contribution in [0, 0.1) is 17.8 Å². The molecule has 1 aliphatic carbocycles. The standard InChI is InChI=1S/C13H27N/c1-5-8-14-12(4)13-7-6-10(2)11(3)9-13/h10-14H,5-9H2,1-4H3. The third-order valence-electron chi connectivity index (χ3n) is 4.06. The van der Waals surface area contributed by atoms with Crippen LogP contribution in [0.1, 0.15) is 53.4 Å². The molecule has 4 atom stereocenters. The van der Waals surface area contributed by atoms with Crippen molar-refractivity contribution >= 4 is 0 Å². The fourth-order valence-electron chi connectivity index (χ4n) is 2.58. The van der Waals surface area contributed by atoms with Gasteiger partial charge in [0.25, 0.3) is 0 Å². The lowest BCUT2D eigenvalue weighted by molar-refractivity contribution is 0.177. The minimum Gasteiger partial charge on any atom is -0.314 e. The van der Waals surface area contributed by atoms with E-state index in [0.29, 0.717) is 0 Å². The first-order valence-corrected chi connectivity index (χ1v) is 6.38. The van der Waals surface area contributed by atoms with E-state index in [1.165, 1.54) is 32.2 Å². The molecule has 0 amide bonds.